The van der Waals surface area contributed by atoms with Gasteiger partial charge in [0.1, 0.15) is 11.8 Å². The lowest BCUT2D eigenvalue weighted by molar-refractivity contribution is -0.143. The van der Waals surface area contributed by atoms with Gasteiger partial charge in [-0.15, -0.1) is 0 Å². The van der Waals surface area contributed by atoms with Gasteiger partial charge in [-0.05, 0) is 71.3 Å². The second kappa shape index (κ2) is 13.1. The number of ether oxygens (including phenoxy) is 1. The molecule has 1 aliphatic rings. The SMILES string of the molecule is CC[C@H](C(=O)NC1CCCCC1)N(Cc1cccc(C)c1)C(=O)COc1ccc(C(C)C)cc1Br. The van der Waals surface area contributed by atoms with Gasteiger partial charge in [-0.2, -0.15) is 0 Å². The summed E-state index contributed by atoms with van der Waals surface area (Å²) in [6.07, 6.45) is 6.09. The Bertz CT molecular complexity index is 1000. The molecule has 0 aromatic heterocycles. The Morgan fingerprint density at radius 2 is 1.86 bits per heavy atom. The number of amides is 2. The molecule has 2 aromatic carbocycles. The Labute approximate surface area is 218 Å². The molecule has 0 unspecified atom stereocenters. The number of halogens is 1. The largest absolute Gasteiger partial charge is 0.483 e. The average Bonchev–Trinajstić information content (AvgIpc) is 2.83. The highest BCUT2D eigenvalue weighted by Crippen LogP contribution is 2.29. The lowest BCUT2D eigenvalue weighted by Crippen LogP contribution is -2.52. The van der Waals surface area contributed by atoms with Crippen LogP contribution in [0.1, 0.15) is 81.9 Å². The van der Waals surface area contributed by atoms with E-state index in [-0.39, 0.29) is 24.5 Å². The number of aryl methyl sites for hydroxylation is 1. The number of carbonyl (C=O) groups excluding carboxylic acids is 2. The summed E-state index contributed by atoms with van der Waals surface area (Å²) in [6.45, 7) is 8.51. The lowest BCUT2D eigenvalue weighted by atomic mass is 9.95. The van der Waals surface area contributed by atoms with Crippen molar-refractivity contribution in [1.82, 2.24) is 10.2 Å². The molecule has 0 aliphatic heterocycles. The van der Waals surface area contributed by atoms with Crippen molar-refractivity contribution in [2.24, 2.45) is 0 Å². The van der Waals surface area contributed by atoms with Gasteiger partial charge < -0.3 is 15.0 Å². The Kier molecular flexibility index (Phi) is 10.2. The molecule has 0 saturated heterocycles. The monoisotopic (exact) mass is 542 g/mol. The molecule has 1 N–H and O–H groups in total. The van der Waals surface area contributed by atoms with Gasteiger partial charge in [0, 0.05) is 12.6 Å². The third-order valence-electron chi connectivity index (χ3n) is 6.75. The van der Waals surface area contributed by atoms with Crippen LogP contribution in [0.15, 0.2) is 46.9 Å². The number of carbonyl (C=O) groups is 2. The van der Waals surface area contributed by atoms with Crippen molar-refractivity contribution in [3.05, 3.63) is 63.6 Å². The third-order valence-corrected chi connectivity index (χ3v) is 7.37. The topological polar surface area (TPSA) is 58.6 Å². The summed E-state index contributed by atoms with van der Waals surface area (Å²) in [7, 11) is 0. The van der Waals surface area contributed by atoms with Crippen molar-refractivity contribution in [3.8, 4) is 5.75 Å². The highest BCUT2D eigenvalue weighted by Gasteiger charge is 2.30. The van der Waals surface area contributed by atoms with Crippen LogP contribution < -0.4 is 10.1 Å². The van der Waals surface area contributed by atoms with Crippen LogP contribution in [-0.4, -0.2) is 35.4 Å². The number of nitrogens with zero attached hydrogens (tertiary/aromatic N) is 1. The second-order valence-electron chi connectivity index (χ2n) is 9.91. The number of nitrogens with one attached hydrogen (secondary N) is 1. The molecule has 2 aromatic rings. The maximum atomic E-state index is 13.5. The average molecular weight is 544 g/mol. The molecular formula is C29H39BrN2O3. The second-order valence-corrected chi connectivity index (χ2v) is 10.8. The first kappa shape index (κ1) is 27.3. The Morgan fingerprint density at radius 1 is 1.11 bits per heavy atom. The van der Waals surface area contributed by atoms with E-state index < -0.39 is 6.04 Å². The molecule has 1 fully saturated rings. The van der Waals surface area contributed by atoms with E-state index in [9.17, 15) is 9.59 Å². The van der Waals surface area contributed by atoms with E-state index in [4.69, 9.17) is 4.74 Å². The highest BCUT2D eigenvalue weighted by molar-refractivity contribution is 9.10. The molecule has 1 atom stereocenters. The van der Waals surface area contributed by atoms with Gasteiger partial charge in [0.2, 0.25) is 5.91 Å². The van der Waals surface area contributed by atoms with Gasteiger partial charge in [-0.25, -0.2) is 0 Å². The van der Waals surface area contributed by atoms with Crippen molar-refractivity contribution in [1.29, 1.82) is 0 Å². The molecule has 190 valence electrons. The zero-order valence-corrected chi connectivity index (χ0v) is 23.1. The minimum absolute atomic E-state index is 0.0668. The summed E-state index contributed by atoms with van der Waals surface area (Å²) in [5.41, 5.74) is 3.33. The summed E-state index contributed by atoms with van der Waals surface area (Å²) >= 11 is 3.57. The van der Waals surface area contributed by atoms with E-state index in [1.54, 1.807) is 4.90 Å². The summed E-state index contributed by atoms with van der Waals surface area (Å²) in [5.74, 6) is 0.762. The molecule has 3 rings (SSSR count). The minimum atomic E-state index is -0.541. The first-order chi connectivity index (χ1) is 16.8. The van der Waals surface area contributed by atoms with Gasteiger partial charge >= 0.3 is 0 Å². The van der Waals surface area contributed by atoms with Gasteiger partial charge in [0.05, 0.1) is 4.47 Å². The fraction of sp³-hybridized carbons (Fsp3) is 0.517. The van der Waals surface area contributed by atoms with Crippen molar-refractivity contribution in [2.75, 3.05) is 6.61 Å². The summed E-state index contributed by atoms with van der Waals surface area (Å²) in [5, 5.41) is 3.22. The molecule has 0 spiro atoms. The van der Waals surface area contributed by atoms with Crippen LogP contribution in [0.2, 0.25) is 0 Å². The van der Waals surface area contributed by atoms with E-state index in [2.05, 4.69) is 41.2 Å². The van der Waals surface area contributed by atoms with Crippen LogP contribution in [-0.2, 0) is 16.1 Å². The van der Waals surface area contributed by atoms with Crippen LogP contribution in [0.4, 0.5) is 0 Å². The van der Waals surface area contributed by atoms with Crippen LogP contribution in [0.25, 0.3) is 0 Å². The van der Waals surface area contributed by atoms with Crippen LogP contribution in [0, 0.1) is 6.92 Å². The number of hydrogen-bond acceptors (Lipinski definition) is 3. The van der Waals surface area contributed by atoms with Gasteiger partial charge in [-0.3, -0.25) is 9.59 Å². The first-order valence-electron chi connectivity index (χ1n) is 12.9. The summed E-state index contributed by atoms with van der Waals surface area (Å²) < 4.78 is 6.75. The molecule has 0 radical (unpaired) electrons. The number of benzene rings is 2. The molecule has 1 aliphatic carbocycles. The Balaban J connectivity index is 1.77. The quantitative estimate of drug-likeness (QED) is 0.372. The first-order valence-corrected chi connectivity index (χ1v) is 13.7. The minimum Gasteiger partial charge on any atom is -0.483 e. The predicted molar refractivity (Wildman–Crippen MR) is 145 cm³/mol. The zero-order chi connectivity index (χ0) is 25.4. The van der Waals surface area contributed by atoms with E-state index in [0.717, 1.165) is 41.3 Å². The predicted octanol–water partition coefficient (Wildman–Crippen LogP) is 6.52. The molecule has 0 heterocycles. The Morgan fingerprint density at radius 3 is 2.49 bits per heavy atom. The number of rotatable bonds is 10. The van der Waals surface area contributed by atoms with Crippen molar-refractivity contribution in [3.63, 3.8) is 0 Å². The van der Waals surface area contributed by atoms with E-state index in [1.165, 1.54) is 12.0 Å². The number of hydrogen-bond donors (Lipinski definition) is 1. The van der Waals surface area contributed by atoms with Crippen LogP contribution >= 0.6 is 15.9 Å². The third kappa shape index (κ3) is 7.83. The normalized spacial score (nSPS) is 15.0. The fourth-order valence-corrected chi connectivity index (χ4v) is 5.20. The van der Waals surface area contributed by atoms with Crippen molar-refractivity contribution >= 4 is 27.7 Å². The van der Waals surface area contributed by atoms with Gasteiger partial charge in [-0.1, -0.05) is 75.9 Å². The van der Waals surface area contributed by atoms with Crippen LogP contribution in [0.5, 0.6) is 5.75 Å². The molecule has 0 bridgehead atoms. The van der Waals surface area contributed by atoms with Gasteiger partial charge in [0.25, 0.3) is 5.91 Å². The summed E-state index contributed by atoms with van der Waals surface area (Å²) in [6, 6.07) is 13.7. The maximum Gasteiger partial charge on any atom is 0.261 e. The Hall–Kier alpha value is -2.34. The van der Waals surface area contributed by atoms with Crippen molar-refractivity contribution in [2.45, 2.75) is 90.8 Å². The van der Waals surface area contributed by atoms with E-state index in [0.29, 0.717) is 24.6 Å². The highest BCUT2D eigenvalue weighted by atomic mass is 79.9. The van der Waals surface area contributed by atoms with E-state index in [1.807, 2.05) is 50.2 Å². The summed E-state index contributed by atoms with van der Waals surface area (Å²) in [4.78, 5) is 28.5. The van der Waals surface area contributed by atoms with Gasteiger partial charge in [0.15, 0.2) is 6.61 Å². The molecular weight excluding hydrogens is 504 g/mol. The molecule has 5 nitrogen and oxygen atoms in total. The smallest absolute Gasteiger partial charge is 0.261 e. The zero-order valence-electron chi connectivity index (χ0n) is 21.5. The molecule has 2 amide bonds. The molecule has 35 heavy (non-hydrogen) atoms. The molecule has 6 heteroatoms. The lowest BCUT2D eigenvalue weighted by Gasteiger charge is -2.32. The molecule has 1 saturated carbocycles. The van der Waals surface area contributed by atoms with Crippen LogP contribution in [0.3, 0.4) is 0 Å². The van der Waals surface area contributed by atoms with Crippen molar-refractivity contribution < 1.29 is 14.3 Å². The van der Waals surface area contributed by atoms with E-state index >= 15 is 0 Å². The fourth-order valence-electron chi connectivity index (χ4n) is 4.69. The maximum absolute atomic E-state index is 13.5. The standard InChI is InChI=1S/C29H39BrN2O3/c1-5-26(29(34)31-24-12-7-6-8-13-24)32(18-22-11-9-10-21(4)16-22)28(33)19-35-27-15-14-23(20(2)3)17-25(27)30/h9-11,14-17,20,24,26H,5-8,12-13,18-19H2,1-4H3,(H,31,34)/t26-/m1/s1.